The molecule has 0 unspecified atom stereocenters. The van der Waals surface area contributed by atoms with Gasteiger partial charge in [-0.1, -0.05) is 30.3 Å². The van der Waals surface area contributed by atoms with Gasteiger partial charge in [0, 0.05) is 16.7 Å². The third-order valence-electron chi connectivity index (χ3n) is 3.74. The lowest BCUT2D eigenvalue weighted by Gasteiger charge is -2.16. The molecule has 0 amide bonds. The summed E-state index contributed by atoms with van der Waals surface area (Å²) in [7, 11) is 0.843. The van der Waals surface area contributed by atoms with Gasteiger partial charge in [0.25, 0.3) is 11.5 Å². The second-order valence-electron chi connectivity index (χ2n) is 5.48. The molecule has 0 aliphatic rings. The molecule has 0 aliphatic heterocycles. The summed E-state index contributed by atoms with van der Waals surface area (Å²) in [6.45, 7) is 3.15. The number of ether oxygens (including phenoxy) is 1. The molecule has 2 aromatic carbocycles. The van der Waals surface area contributed by atoms with Crippen LogP contribution < -0.4 is 0 Å². The van der Waals surface area contributed by atoms with E-state index in [0.29, 0.717) is 11.1 Å². The summed E-state index contributed by atoms with van der Waals surface area (Å²) >= 11 is 5.75. The van der Waals surface area contributed by atoms with Crippen LogP contribution in [0.2, 0.25) is 5.02 Å². The number of hydrogen-bond acceptors (Lipinski definition) is 5. The van der Waals surface area contributed by atoms with Gasteiger partial charge >= 0.3 is 12.1 Å². The van der Waals surface area contributed by atoms with Crippen molar-refractivity contribution in [3.05, 3.63) is 69.2 Å². The summed E-state index contributed by atoms with van der Waals surface area (Å²) in [6.07, 6.45) is -5.07. The highest BCUT2D eigenvalue weighted by Gasteiger charge is 2.40. The van der Waals surface area contributed by atoms with E-state index in [1.165, 1.54) is 24.3 Å². The average Bonchev–Trinajstić information content (AvgIpc) is 2.64. The summed E-state index contributed by atoms with van der Waals surface area (Å²) in [4.78, 5) is 33.7. The van der Waals surface area contributed by atoms with Crippen molar-refractivity contribution in [1.82, 2.24) is 0 Å². The standard InChI is InChI=1S/C18H11ClF3NO5/c1-9(16(24)17(25)28-2)15-13(18(20,21)22)7-11(8-14(15)23(26)27)10-3-5-12(19)6-4-10/h3-8H,1H2,2H3. The molecule has 2 rings (SSSR count). The number of benzene rings is 2. The maximum absolute atomic E-state index is 13.6. The van der Waals surface area contributed by atoms with Crippen molar-refractivity contribution in [2.75, 3.05) is 7.11 Å². The van der Waals surface area contributed by atoms with Crippen molar-refractivity contribution in [1.29, 1.82) is 0 Å². The number of nitro benzene ring substituents is 1. The number of carbonyl (C=O) groups is 2. The Morgan fingerprint density at radius 1 is 1.14 bits per heavy atom. The SMILES string of the molecule is C=C(C(=O)C(=O)OC)c1c([N+](=O)[O-])cc(-c2ccc(Cl)cc2)cc1C(F)(F)F. The van der Waals surface area contributed by atoms with Crippen molar-refractivity contribution < 1.29 is 32.4 Å². The highest BCUT2D eigenvalue weighted by Crippen LogP contribution is 2.42. The van der Waals surface area contributed by atoms with Crippen LogP contribution in [0.25, 0.3) is 16.7 Å². The molecule has 0 aliphatic carbocycles. The van der Waals surface area contributed by atoms with Crippen molar-refractivity contribution in [2.24, 2.45) is 0 Å². The third kappa shape index (κ3) is 4.20. The van der Waals surface area contributed by atoms with E-state index in [1.54, 1.807) is 0 Å². The van der Waals surface area contributed by atoms with Gasteiger partial charge in [-0.3, -0.25) is 14.9 Å². The Balaban J connectivity index is 2.82. The van der Waals surface area contributed by atoms with Gasteiger partial charge < -0.3 is 4.74 Å². The molecule has 0 saturated heterocycles. The van der Waals surface area contributed by atoms with Crippen LogP contribution in [-0.4, -0.2) is 23.8 Å². The van der Waals surface area contributed by atoms with Crippen molar-refractivity contribution in [3.8, 4) is 11.1 Å². The average molecular weight is 414 g/mol. The second kappa shape index (κ2) is 7.81. The van der Waals surface area contributed by atoms with Crippen LogP contribution in [-0.2, 0) is 20.5 Å². The number of alkyl halides is 3. The molecule has 0 atom stereocenters. The number of nitro groups is 1. The Morgan fingerprint density at radius 3 is 2.18 bits per heavy atom. The van der Waals surface area contributed by atoms with E-state index in [4.69, 9.17) is 11.6 Å². The quantitative estimate of drug-likeness (QED) is 0.233. The van der Waals surface area contributed by atoms with Crippen LogP contribution >= 0.6 is 11.6 Å². The lowest BCUT2D eigenvalue weighted by molar-refractivity contribution is -0.385. The van der Waals surface area contributed by atoms with Crippen LogP contribution in [0.15, 0.2) is 43.0 Å². The molecule has 28 heavy (non-hydrogen) atoms. The predicted octanol–water partition coefficient (Wildman–Crippen LogP) is 4.69. The van der Waals surface area contributed by atoms with E-state index in [1.807, 2.05) is 0 Å². The first-order valence-corrected chi connectivity index (χ1v) is 7.82. The third-order valence-corrected chi connectivity index (χ3v) is 4.00. The molecule has 146 valence electrons. The molecule has 0 heterocycles. The molecule has 6 nitrogen and oxygen atoms in total. The van der Waals surface area contributed by atoms with E-state index >= 15 is 0 Å². The zero-order valence-corrected chi connectivity index (χ0v) is 14.9. The zero-order chi connectivity index (χ0) is 21.2. The van der Waals surface area contributed by atoms with Crippen LogP contribution in [0.3, 0.4) is 0 Å². The van der Waals surface area contributed by atoms with Gasteiger partial charge in [-0.25, -0.2) is 4.79 Å². The van der Waals surface area contributed by atoms with E-state index in [0.717, 1.165) is 13.2 Å². The fraction of sp³-hybridized carbons (Fsp3) is 0.111. The second-order valence-corrected chi connectivity index (χ2v) is 5.92. The molecule has 0 N–H and O–H groups in total. The first-order valence-electron chi connectivity index (χ1n) is 7.44. The van der Waals surface area contributed by atoms with Gasteiger partial charge in [-0.15, -0.1) is 0 Å². The van der Waals surface area contributed by atoms with Crippen molar-refractivity contribution >= 4 is 34.6 Å². The first-order chi connectivity index (χ1) is 13.0. The summed E-state index contributed by atoms with van der Waals surface area (Å²) in [6, 6.07) is 7.09. The normalized spacial score (nSPS) is 11.0. The number of ketones is 1. The fourth-order valence-corrected chi connectivity index (χ4v) is 2.58. The van der Waals surface area contributed by atoms with E-state index in [9.17, 15) is 32.9 Å². The Morgan fingerprint density at radius 2 is 1.71 bits per heavy atom. The number of halogens is 4. The van der Waals surface area contributed by atoms with Gasteiger partial charge in [-0.2, -0.15) is 13.2 Å². The summed E-state index contributed by atoms with van der Waals surface area (Å²) in [5, 5.41) is 11.8. The molecule has 0 radical (unpaired) electrons. The zero-order valence-electron chi connectivity index (χ0n) is 14.2. The molecule has 0 saturated carbocycles. The minimum Gasteiger partial charge on any atom is -0.463 e. The molecular formula is C18H11ClF3NO5. The molecule has 10 heteroatoms. The number of carbonyl (C=O) groups excluding carboxylic acids is 2. The Bertz CT molecular complexity index is 984. The Labute approximate surface area is 161 Å². The molecule has 2 aromatic rings. The minimum absolute atomic E-state index is 0.127. The van der Waals surface area contributed by atoms with Gasteiger partial charge in [0.15, 0.2) is 0 Å². The van der Waals surface area contributed by atoms with Crippen LogP contribution in [0, 0.1) is 10.1 Å². The molecule has 0 bridgehead atoms. The summed E-state index contributed by atoms with van der Waals surface area (Å²) < 4.78 is 45.1. The number of Topliss-reactive ketones (excluding diaryl/α,β-unsaturated/α-hetero) is 1. The molecule has 0 aromatic heterocycles. The molecular weight excluding hydrogens is 403 g/mol. The largest absolute Gasteiger partial charge is 0.463 e. The number of esters is 1. The fourth-order valence-electron chi connectivity index (χ4n) is 2.45. The van der Waals surface area contributed by atoms with Gasteiger partial charge in [0.1, 0.15) is 0 Å². The van der Waals surface area contributed by atoms with Crippen LogP contribution in [0.5, 0.6) is 0 Å². The number of hydrogen-bond donors (Lipinski definition) is 0. The summed E-state index contributed by atoms with van der Waals surface area (Å²) in [5.41, 5.74) is -4.48. The van der Waals surface area contributed by atoms with E-state index < -0.39 is 45.2 Å². The Kier molecular flexibility index (Phi) is 5.89. The van der Waals surface area contributed by atoms with Gasteiger partial charge in [-0.05, 0) is 29.3 Å². The molecule has 0 fully saturated rings. The molecule has 0 spiro atoms. The van der Waals surface area contributed by atoms with Gasteiger partial charge in [0.2, 0.25) is 0 Å². The summed E-state index contributed by atoms with van der Waals surface area (Å²) in [5.74, 6) is -3.01. The van der Waals surface area contributed by atoms with Crippen LogP contribution in [0.4, 0.5) is 18.9 Å². The monoisotopic (exact) mass is 413 g/mol. The number of methoxy groups -OCH3 is 1. The Hall–Kier alpha value is -3.20. The topological polar surface area (TPSA) is 86.5 Å². The maximum Gasteiger partial charge on any atom is 0.417 e. The smallest absolute Gasteiger partial charge is 0.417 e. The lowest BCUT2D eigenvalue weighted by atomic mass is 9.91. The lowest BCUT2D eigenvalue weighted by Crippen LogP contribution is -2.20. The highest BCUT2D eigenvalue weighted by molar-refractivity contribution is 6.51. The van der Waals surface area contributed by atoms with Gasteiger partial charge in [0.05, 0.1) is 23.2 Å². The number of rotatable bonds is 5. The maximum atomic E-state index is 13.6. The highest BCUT2D eigenvalue weighted by atomic mass is 35.5. The van der Waals surface area contributed by atoms with E-state index in [-0.39, 0.29) is 11.1 Å². The van der Waals surface area contributed by atoms with E-state index in [2.05, 4.69) is 11.3 Å². The predicted molar refractivity (Wildman–Crippen MR) is 94.6 cm³/mol. The van der Waals surface area contributed by atoms with Crippen molar-refractivity contribution in [3.63, 3.8) is 0 Å². The van der Waals surface area contributed by atoms with Crippen molar-refractivity contribution in [2.45, 2.75) is 6.18 Å². The number of nitrogens with zero attached hydrogens (tertiary/aromatic N) is 1. The first kappa shape index (κ1) is 21.1. The van der Waals surface area contributed by atoms with Crippen LogP contribution in [0.1, 0.15) is 11.1 Å². The minimum atomic E-state index is -5.07.